The molecule has 2 aromatic rings. The van der Waals surface area contributed by atoms with Gasteiger partial charge in [0.1, 0.15) is 12.7 Å². The van der Waals surface area contributed by atoms with Gasteiger partial charge in [0.15, 0.2) is 0 Å². The maximum Gasteiger partial charge on any atom is 0.407 e. The first kappa shape index (κ1) is 17.6. The number of fused-ring (bicyclic) bond motifs is 3. The van der Waals surface area contributed by atoms with Crippen LogP contribution in [-0.2, 0) is 14.3 Å². The fourth-order valence-corrected chi connectivity index (χ4v) is 4.29. The molecule has 2 atom stereocenters. The molecular weight excluding hydrogens is 342 g/mol. The molecule has 1 amide bonds. The van der Waals surface area contributed by atoms with Crippen LogP contribution in [0.5, 0.6) is 0 Å². The standard InChI is InChI=1S/C22H23NO4/c24-14-27-21-12-6-5-11-20(21)23-22(25)26-13-19-17-9-3-1-7-15(17)16-8-2-4-10-18(16)19/h1-4,7-10,14,19-21H,5-6,11-13H2,(H,23,25). The molecular formula is C22H23NO4. The smallest absolute Gasteiger partial charge is 0.407 e. The number of carbonyl (C=O) groups is 2. The van der Waals surface area contributed by atoms with E-state index in [-0.39, 0.29) is 24.7 Å². The van der Waals surface area contributed by atoms with E-state index in [1.54, 1.807) is 0 Å². The molecule has 27 heavy (non-hydrogen) atoms. The van der Waals surface area contributed by atoms with E-state index in [0.29, 0.717) is 6.47 Å². The second kappa shape index (κ2) is 7.82. The fourth-order valence-electron chi connectivity index (χ4n) is 4.29. The summed E-state index contributed by atoms with van der Waals surface area (Å²) in [4.78, 5) is 23.0. The van der Waals surface area contributed by atoms with Crippen molar-refractivity contribution in [1.82, 2.24) is 5.32 Å². The lowest BCUT2D eigenvalue weighted by atomic mass is 9.92. The van der Waals surface area contributed by atoms with Gasteiger partial charge in [0.05, 0.1) is 6.04 Å². The lowest BCUT2D eigenvalue weighted by Crippen LogP contribution is -2.46. The lowest BCUT2D eigenvalue weighted by Gasteiger charge is -2.30. The summed E-state index contributed by atoms with van der Waals surface area (Å²) < 4.78 is 10.7. The number of carbonyl (C=O) groups excluding carboxylic acids is 2. The molecule has 2 aromatic carbocycles. The third-order valence-electron chi connectivity index (χ3n) is 5.58. The number of alkyl carbamates (subject to hydrolysis) is 1. The fraction of sp³-hybridized carbons (Fsp3) is 0.364. The molecule has 1 saturated carbocycles. The largest absolute Gasteiger partial charge is 0.462 e. The van der Waals surface area contributed by atoms with Crippen molar-refractivity contribution in [3.63, 3.8) is 0 Å². The average molecular weight is 365 g/mol. The summed E-state index contributed by atoms with van der Waals surface area (Å²) in [6, 6.07) is 16.3. The Kier molecular flexibility index (Phi) is 5.10. The summed E-state index contributed by atoms with van der Waals surface area (Å²) in [5, 5.41) is 2.88. The van der Waals surface area contributed by atoms with Crippen LogP contribution in [-0.4, -0.2) is 31.3 Å². The van der Waals surface area contributed by atoms with Crippen molar-refractivity contribution in [2.75, 3.05) is 6.61 Å². The number of nitrogens with one attached hydrogen (secondary N) is 1. The molecule has 0 saturated heterocycles. The second-order valence-corrected chi connectivity index (χ2v) is 7.13. The minimum absolute atomic E-state index is 0.0385. The van der Waals surface area contributed by atoms with Gasteiger partial charge in [0.2, 0.25) is 0 Å². The van der Waals surface area contributed by atoms with Gasteiger partial charge in [-0.3, -0.25) is 4.79 Å². The van der Waals surface area contributed by atoms with Crippen LogP contribution in [0.25, 0.3) is 11.1 Å². The topological polar surface area (TPSA) is 64.6 Å². The molecule has 2 aliphatic rings. The molecule has 1 N–H and O–H groups in total. The van der Waals surface area contributed by atoms with Gasteiger partial charge in [-0.2, -0.15) is 0 Å². The molecule has 2 aliphatic carbocycles. The molecule has 0 radical (unpaired) electrons. The van der Waals surface area contributed by atoms with E-state index in [0.717, 1.165) is 25.7 Å². The number of ether oxygens (including phenoxy) is 2. The van der Waals surface area contributed by atoms with Crippen molar-refractivity contribution in [3.8, 4) is 11.1 Å². The Bertz CT molecular complexity index is 789. The van der Waals surface area contributed by atoms with E-state index >= 15 is 0 Å². The molecule has 5 heteroatoms. The second-order valence-electron chi connectivity index (χ2n) is 7.13. The van der Waals surface area contributed by atoms with Crippen molar-refractivity contribution >= 4 is 12.6 Å². The van der Waals surface area contributed by atoms with Crippen LogP contribution < -0.4 is 5.32 Å². The zero-order chi connectivity index (χ0) is 18.6. The predicted octanol–water partition coefficient (Wildman–Crippen LogP) is 4.01. The van der Waals surface area contributed by atoms with Gasteiger partial charge in [0.25, 0.3) is 6.47 Å². The van der Waals surface area contributed by atoms with Gasteiger partial charge in [-0.25, -0.2) is 4.79 Å². The van der Waals surface area contributed by atoms with Gasteiger partial charge >= 0.3 is 6.09 Å². The third-order valence-corrected chi connectivity index (χ3v) is 5.58. The normalized spacial score (nSPS) is 21.0. The predicted molar refractivity (Wildman–Crippen MR) is 101 cm³/mol. The quantitative estimate of drug-likeness (QED) is 0.813. The highest BCUT2D eigenvalue weighted by Crippen LogP contribution is 2.44. The van der Waals surface area contributed by atoms with Gasteiger partial charge in [0, 0.05) is 5.92 Å². The molecule has 1 fully saturated rings. The Balaban J connectivity index is 1.43. The number of amides is 1. The van der Waals surface area contributed by atoms with Crippen LogP contribution in [0, 0.1) is 0 Å². The van der Waals surface area contributed by atoms with E-state index < -0.39 is 6.09 Å². The monoisotopic (exact) mass is 365 g/mol. The van der Waals surface area contributed by atoms with Crippen LogP contribution in [0.4, 0.5) is 4.79 Å². The SMILES string of the molecule is O=COC1CCCCC1NC(=O)OCC1c2ccccc2-c2ccccc21. The summed E-state index contributed by atoms with van der Waals surface area (Å²) >= 11 is 0. The van der Waals surface area contributed by atoms with Crippen LogP contribution in [0.2, 0.25) is 0 Å². The molecule has 2 unspecified atom stereocenters. The summed E-state index contributed by atoms with van der Waals surface area (Å²) in [6.07, 6.45) is 2.85. The average Bonchev–Trinajstić information content (AvgIpc) is 3.02. The summed E-state index contributed by atoms with van der Waals surface area (Å²) in [6.45, 7) is 0.744. The van der Waals surface area contributed by atoms with E-state index in [2.05, 4.69) is 29.6 Å². The van der Waals surface area contributed by atoms with Crippen molar-refractivity contribution in [1.29, 1.82) is 0 Å². The zero-order valence-corrected chi connectivity index (χ0v) is 15.1. The molecule has 0 bridgehead atoms. The van der Waals surface area contributed by atoms with E-state index in [4.69, 9.17) is 9.47 Å². The number of benzene rings is 2. The Morgan fingerprint density at radius 3 is 2.30 bits per heavy atom. The van der Waals surface area contributed by atoms with Crippen molar-refractivity contribution in [2.24, 2.45) is 0 Å². The zero-order valence-electron chi connectivity index (χ0n) is 15.1. The van der Waals surface area contributed by atoms with Crippen molar-refractivity contribution in [2.45, 2.75) is 43.7 Å². The summed E-state index contributed by atoms with van der Waals surface area (Å²) in [5.41, 5.74) is 4.78. The molecule has 0 aromatic heterocycles. The molecule has 0 aliphatic heterocycles. The number of hydrogen-bond donors (Lipinski definition) is 1. The highest BCUT2D eigenvalue weighted by molar-refractivity contribution is 5.79. The minimum atomic E-state index is -0.455. The van der Waals surface area contributed by atoms with Crippen LogP contribution in [0.15, 0.2) is 48.5 Å². The van der Waals surface area contributed by atoms with Crippen LogP contribution >= 0.6 is 0 Å². The molecule has 140 valence electrons. The van der Waals surface area contributed by atoms with Crippen molar-refractivity contribution in [3.05, 3.63) is 59.7 Å². The third kappa shape index (κ3) is 3.54. The maximum atomic E-state index is 12.4. The Morgan fingerprint density at radius 2 is 1.63 bits per heavy atom. The highest BCUT2D eigenvalue weighted by atomic mass is 16.6. The highest BCUT2D eigenvalue weighted by Gasteiger charge is 2.31. The first-order chi connectivity index (χ1) is 13.3. The van der Waals surface area contributed by atoms with E-state index in [1.807, 2.05) is 24.3 Å². The van der Waals surface area contributed by atoms with Gasteiger partial charge in [-0.15, -0.1) is 0 Å². The van der Waals surface area contributed by atoms with E-state index in [9.17, 15) is 9.59 Å². The van der Waals surface area contributed by atoms with E-state index in [1.165, 1.54) is 22.3 Å². The Hall–Kier alpha value is -2.82. The Morgan fingerprint density at radius 1 is 1.00 bits per heavy atom. The van der Waals surface area contributed by atoms with Gasteiger partial charge < -0.3 is 14.8 Å². The molecule has 0 spiro atoms. The first-order valence-corrected chi connectivity index (χ1v) is 9.48. The van der Waals surface area contributed by atoms with Crippen molar-refractivity contribution < 1.29 is 19.1 Å². The number of rotatable bonds is 5. The minimum Gasteiger partial charge on any atom is -0.462 e. The Labute approximate surface area is 158 Å². The summed E-state index contributed by atoms with van der Waals surface area (Å²) in [7, 11) is 0. The van der Waals surface area contributed by atoms with Crippen LogP contribution in [0.1, 0.15) is 42.7 Å². The maximum absolute atomic E-state index is 12.4. The van der Waals surface area contributed by atoms with Gasteiger partial charge in [-0.1, -0.05) is 55.0 Å². The number of hydrogen-bond acceptors (Lipinski definition) is 4. The molecule has 4 rings (SSSR count). The van der Waals surface area contributed by atoms with Crippen LogP contribution in [0.3, 0.4) is 0 Å². The molecule has 5 nitrogen and oxygen atoms in total. The summed E-state index contributed by atoms with van der Waals surface area (Å²) in [5.74, 6) is 0.0385. The first-order valence-electron chi connectivity index (χ1n) is 9.48. The lowest BCUT2D eigenvalue weighted by molar-refractivity contribution is -0.136. The molecule has 0 heterocycles. The van der Waals surface area contributed by atoms with Gasteiger partial charge in [-0.05, 0) is 41.5 Å².